The predicted molar refractivity (Wildman–Crippen MR) is 146 cm³/mol. The van der Waals surface area contributed by atoms with Crippen molar-refractivity contribution in [3.63, 3.8) is 0 Å². The average molecular weight is 570 g/mol. The van der Waals surface area contributed by atoms with Crippen LogP contribution in [0.2, 0.25) is 0 Å². The van der Waals surface area contributed by atoms with E-state index < -0.39 is 47.6 Å². The number of ether oxygens (including phenoxy) is 1. The first kappa shape index (κ1) is 28.9. The summed E-state index contributed by atoms with van der Waals surface area (Å²) in [6.07, 6.45) is -7.14. The minimum Gasteiger partial charge on any atom is -0.444 e. The van der Waals surface area contributed by atoms with Crippen LogP contribution in [0.5, 0.6) is 0 Å². The lowest BCUT2D eigenvalue weighted by molar-refractivity contribution is -0.179. The van der Waals surface area contributed by atoms with Crippen molar-refractivity contribution < 1.29 is 32.6 Å². The molecule has 41 heavy (non-hydrogen) atoms. The smallest absolute Gasteiger partial charge is 0.410 e. The van der Waals surface area contributed by atoms with Crippen molar-refractivity contribution >= 4 is 11.9 Å². The lowest BCUT2D eigenvalue weighted by atomic mass is 9.78. The monoisotopic (exact) mass is 569 g/mol. The molecule has 0 bridgehead atoms. The number of hydrogen-bond donors (Lipinski definition) is 1. The van der Waals surface area contributed by atoms with Gasteiger partial charge in [0.15, 0.2) is 5.78 Å². The maximum Gasteiger partial charge on any atom is 0.410 e. The molecule has 1 aliphatic carbocycles. The second kappa shape index (κ2) is 11.0. The van der Waals surface area contributed by atoms with Gasteiger partial charge in [0.1, 0.15) is 23.7 Å². The predicted octanol–water partition coefficient (Wildman–Crippen LogP) is 5.77. The number of rotatable bonds is 4. The van der Waals surface area contributed by atoms with Gasteiger partial charge >= 0.3 is 12.3 Å². The first-order chi connectivity index (χ1) is 19.3. The number of aliphatic hydroxyl groups is 1. The Balaban J connectivity index is 1.62. The Bertz CT molecular complexity index is 1350. The number of hydrogen-bond acceptors (Lipinski definition) is 5. The quantitative estimate of drug-likeness (QED) is 0.432. The zero-order valence-corrected chi connectivity index (χ0v) is 23.3. The van der Waals surface area contributed by atoms with E-state index >= 15 is 0 Å². The van der Waals surface area contributed by atoms with Gasteiger partial charge in [-0.25, -0.2) is 4.79 Å². The van der Waals surface area contributed by atoms with E-state index in [1.807, 2.05) is 60.7 Å². The van der Waals surface area contributed by atoms with Gasteiger partial charge in [0.25, 0.3) is 0 Å². The zero-order chi connectivity index (χ0) is 29.5. The molecule has 0 spiro atoms. The summed E-state index contributed by atoms with van der Waals surface area (Å²) in [6, 6.07) is 18.0. The highest BCUT2D eigenvalue weighted by atomic mass is 19.4. The number of nitrogens with zero attached hydrogens (tertiary/aromatic N) is 3. The number of halogens is 3. The molecule has 7 nitrogen and oxygen atoms in total. The van der Waals surface area contributed by atoms with Crippen LogP contribution in [0.3, 0.4) is 0 Å². The molecule has 5 rings (SSSR count). The number of aromatic nitrogens is 2. The number of aliphatic hydroxyl groups excluding tert-OH is 1. The molecule has 0 saturated carbocycles. The molecule has 2 aromatic carbocycles. The summed E-state index contributed by atoms with van der Waals surface area (Å²) in [4.78, 5) is 27.0. The largest absolute Gasteiger partial charge is 0.444 e. The third kappa shape index (κ3) is 5.88. The molecule has 2 atom stereocenters. The normalized spacial score (nSPS) is 20.3. The SMILES string of the molecule is CC(C)(C)OC(=O)N1CCC(c2nn(C(c3ccccc3)c3ccccc3)c3c2[C@H](C(F)(F)F)[C@@H](O)C(=O)C3)CC1. The van der Waals surface area contributed by atoms with Crippen LogP contribution in [-0.2, 0) is 16.0 Å². The van der Waals surface area contributed by atoms with Crippen molar-refractivity contribution in [2.24, 2.45) is 0 Å². The van der Waals surface area contributed by atoms with Crippen LogP contribution in [0.25, 0.3) is 0 Å². The van der Waals surface area contributed by atoms with E-state index in [2.05, 4.69) is 0 Å². The number of Topliss-reactive ketones (excluding diaryl/α,β-unsaturated/α-hetero) is 1. The Hall–Kier alpha value is -3.66. The molecular formula is C31H34F3N3O4. The van der Waals surface area contributed by atoms with Gasteiger partial charge in [0.05, 0.1) is 17.8 Å². The molecule has 0 radical (unpaired) electrons. The average Bonchev–Trinajstić information content (AvgIpc) is 3.27. The Morgan fingerprint density at radius 3 is 2.00 bits per heavy atom. The van der Waals surface area contributed by atoms with Gasteiger partial charge in [0, 0.05) is 24.6 Å². The van der Waals surface area contributed by atoms with Crippen molar-refractivity contribution in [2.45, 2.75) is 75.8 Å². The summed E-state index contributed by atoms with van der Waals surface area (Å²) in [6.45, 7) is 5.91. The van der Waals surface area contributed by atoms with E-state index in [0.717, 1.165) is 11.1 Å². The molecule has 1 saturated heterocycles. The third-order valence-electron chi connectivity index (χ3n) is 7.74. The van der Waals surface area contributed by atoms with Gasteiger partial charge in [-0.1, -0.05) is 60.7 Å². The van der Waals surface area contributed by atoms with Crippen molar-refractivity contribution in [2.75, 3.05) is 13.1 Å². The van der Waals surface area contributed by atoms with Crippen LogP contribution in [-0.4, -0.2) is 62.6 Å². The highest BCUT2D eigenvalue weighted by Crippen LogP contribution is 2.48. The maximum absolute atomic E-state index is 14.6. The van der Waals surface area contributed by atoms with Crippen molar-refractivity contribution in [1.29, 1.82) is 0 Å². The molecule has 2 heterocycles. The van der Waals surface area contributed by atoms with Crippen LogP contribution in [0.1, 0.15) is 79.6 Å². The van der Waals surface area contributed by atoms with Gasteiger partial charge in [-0.2, -0.15) is 18.3 Å². The fourth-order valence-corrected chi connectivity index (χ4v) is 5.90. The molecule has 1 aromatic heterocycles. The van der Waals surface area contributed by atoms with Crippen LogP contribution in [0.15, 0.2) is 60.7 Å². The lowest BCUT2D eigenvalue weighted by Gasteiger charge is -2.34. The van der Waals surface area contributed by atoms with E-state index in [4.69, 9.17) is 9.84 Å². The molecule has 1 fully saturated rings. The molecular weight excluding hydrogens is 535 g/mol. The van der Waals surface area contributed by atoms with Crippen LogP contribution in [0, 0.1) is 0 Å². The van der Waals surface area contributed by atoms with Crippen LogP contribution in [0.4, 0.5) is 18.0 Å². The number of amides is 1. The first-order valence-corrected chi connectivity index (χ1v) is 13.8. The minimum absolute atomic E-state index is 0.114. The van der Waals surface area contributed by atoms with Gasteiger partial charge in [-0.15, -0.1) is 0 Å². The number of likely N-dealkylation sites (tertiary alicyclic amines) is 1. The summed E-state index contributed by atoms with van der Waals surface area (Å²) in [5.41, 5.74) is 1.23. The fraction of sp³-hybridized carbons (Fsp3) is 0.452. The Morgan fingerprint density at radius 1 is 0.976 bits per heavy atom. The Labute approximate surface area is 236 Å². The molecule has 1 aliphatic heterocycles. The molecule has 3 aromatic rings. The number of benzene rings is 2. The van der Waals surface area contributed by atoms with Gasteiger partial charge < -0.3 is 14.7 Å². The molecule has 1 N–H and O–H groups in total. The van der Waals surface area contributed by atoms with Crippen molar-refractivity contribution in [3.8, 4) is 0 Å². The second-order valence-corrected chi connectivity index (χ2v) is 11.8. The number of carbonyl (C=O) groups is 2. The summed E-state index contributed by atoms with van der Waals surface area (Å²) >= 11 is 0. The Morgan fingerprint density at radius 2 is 1.51 bits per heavy atom. The van der Waals surface area contributed by atoms with E-state index in [1.165, 1.54) is 0 Å². The molecule has 2 aliphatic rings. The molecule has 1 amide bonds. The topological polar surface area (TPSA) is 84.7 Å². The number of alkyl halides is 3. The number of ketones is 1. The van der Waals surface area contributed by atoms with Gasteiger partial charge in [-0.05, 0) is 44.7 Å². The number of fused-ring (bicyclic) bond motifs is 1. The maximum atomic E-state index is 14.6. The summed E-state index contributed by atoms with van der Waals surface area (Å²) < 4.78 is 50.7. The highest BCUT2D eigenvalue weighted by molar-refractivity contribution is 5.88. The standard InChI is InChI=1S/C31H34F3N3O4/c1-30(2,3)41-29(40)36-16-14-19(15-17-36)26-24-22(18-23(38)28(39)25(24)31(32,33)34)37(35-26)27(20-10-6-4-7-11-20)21-12-8-5-9-13-21/h4-13,19,25,27-28,39H,14-18H2,1-3H3/t25-,28-/m0/s1. The summed E-state index contributed by atoms with van der Waals surface area (Å²) in [7, 11) is 0. The Kier molecular flexibility index (Phi) is 7.72. The minimum atomic E-state index is -4.86. The molecule has 0 unspecified atom stereocenters. The zero-order valence-electron chi connectivity index (χ0n) is 23.3. The number of carbonyl (C=O) groups excluding carboxylic acids is 2. The second-order valence-electron chi connectivity index (χ2n) is 11.8. The third-order valence-corrected chi connectivity index (χ3v) is 7.74. The molecule has 218 valence electrons. The fourth-order valence-electron chi connectivity index (χ4n) is 5.90. The van der Waals surface area contributed by atoms with E-state index in [0.29, 0.717) is 25.9 Å². The lowest BCUT2D eigenvalue weighted by Crippen LogP contribution is -2.43. The summed E-state index contributed by atoms with van der Waals surface area (Å²) in [5.74, 6) is -3.66. The number of piperidine rings is 1. The van der Waals surface area contributed by atoms with Gasteiger partial charge in [-0.3, -0.25) is 9.48 Å². The highest BCUT2D eigenvalue weighted by Gasteiger charge is 2.54. The van der Waals surface area contributed by atoms with Crippen molar-refractivity contribution in [3.05, 3.63) is 88.7 Å². The van der Waals surface area contributed by atoms with E-state index in [9.17, 15) is 27.9 Å². The molecule has 10 heteroatoms. The first-order valence-electron chi connectivity index (χ1n) is 13.8. The van der Waals surface area contributed by atoms with Crippen molar-refractivity contribution in [1.82, 2.24) is 14.7 Å². The van der Waals surface area contributed by atoms with E-state index in [-0.39, 0.29) is 23.4 Å². The van der Waals surface area contributed by atoms with Gasteiger partial charge in [0.2, 0.25) is 0 Å². The van der Waals surface area contributed by atoms with Crippen LogP contribution < -0.4 is 0 Å². The van der Waals surface area contributed by atoms with E-state index in [1.54, 1.807) is 30.4 Å². The summed E-state index contributed by atoms with van der Waals surface area (Å²) in [5, 5.41) is 15.4. The van der Waals surface area contributed by atoms with Crippen LogP contribution >= 0.6 is 0 Å².